The predicted octanol–water partition coefficient (Wildman–Crippen LogP) is 5.93. The van der Waals surface area contributed by atoms with Crippen LogP contribution in [0.5, 0.6) is 0 Å². The van der Waals surface area contributed by atoms with Gasteiger partial charge >= 0.3 is 42.8 Å². The number of aryl methyl sites for hydroxylation is 8. The lowest BCUT2D eigenvalue weighted by molar-refractivity contribution is -0.647. The number of halogens is 12. The second-order valence-electron chi connectivity index (χ2n) is 20.2. The number of rotatable bonds is 0. The highest BCUT2D eigenvalue weighted by atomic mass is 35.5. The number of fused-ring (bicyclic) bond motifs is 8. The first-order valence-corrected chi connectivity index (χ1v) is 32.3. The molecule has 16 rings (SSSR count). The van der Waals surface area contributed by atoms with E-state index in [4.69, 9.17) is 168 Å². The van der Waals surface area contributed by atoms with Crippen molar-refractivity contribution in [1.82, 2.24) is 0 Å². The normalized spacial score (nSPS) is 10.1. The molecule has 0 atom stereocenters. The van der Waals surface area contributed by atoms with Gasteiger partial charge in [0.15, 0.2) is 0 Å². The van der Waals surface area contributed by atoms with Gasteiger partial charge < -0.3 is 92.8 Å². The van der Waals surface area contributed by atoms with Crippen molar-refractivity contribution in [3.05, 3.63) is 237 Å². The first-order chi connectivity index (χ1) is 49.2. The number of aromatic nitrogens is 8. The molecule has 0 fully saturated rings. The number of para-hydroxylation sites is 16. The molecule has 0 saturated heterocycles. The highest BCUT2D eigenvalue weighted by molar-refractivity contribution is 6.30. The van der Waals surface area contributed by atoms with Gasteiger partial charge in [0.05, 0.1) is 0 Å². The summed E-state index contributed by atoms with van der Waals surface area (Å²) in [6, 6.07) is 61.8. The molecule has 40 heteroatoms. The molecular formula is C64H56B4Cl8F4N8O16. The molecule has 0 spiro atoms. The highest BCUT2D eigenvalue weighted by Gasteiger charge is 2.21. The first kappa shape index (κ1) is 86.1. The molecule has 0 radical (unpaired) electrons. The van der Waals surface area contributed by atoms with Gasteiger partial charge in [-0.25, -0.2) is 0 Å². The molecule has 8 aromatic heterocycles. The fraction of sp³-hybridized carbons (Fsp3) is 0.125. The van der Waals surface area contributed by atoms with E-state index in [2.05, 4.69) is 0 Å². The van der Waals surface area contributed by atoms with Gasteiger partial charge in [-0.3, -0.25) is 0 Å². The summed E-state index contributed by atoms with van der Waals surface area (Å²) < 4.78 is 95.8. The van der Waals surface area contributed by atoms with Crippen LogP contribution < -0.4 is 76.7 Å². The average molecular weight is 1600 g/mol. The van der Waals surface area contributed by atoms with Gasteiger partial charge in [0.2, 0.25) is 44.7 Å². The van der Waals surface area contributed by atoms with E-state index in [1.807, 2.05) is 251 Å². The number of hydrogen-bond donors (Lipinski definition) is 0. The summed E-state index contributed by atoms with van der Waals surface area (Å²) in [5.74, 6) is 0. The van der Waals surface area contributed by atoms with Crippen molar-refractivity contribution in [3.8, 4) is 0 Å². The zero-order valence-electron chi connectivity index (χ0n) is 55.4. The number of oxazole rings is 8. The molecule has 16 aromatic rings. The Labute approximate surface area is 629 Å². The molecule has 0 saturated carbocycles. The molecule has 0 aliphatic heterocycles. The van der Waals surface area contributed by atoms with E-state index in [1.54, 1.807) is 36.5 Å². The van der Waals surface area contributed by atoms with Crippen molar-refractivity contribution in [2.24, 2.45) is 56.4 Å². The van der Waals surface area contributed by atoms with Crippen LogP contribution in [0.15, 0.2) is 229 Å². The topological polar surface area (TPSA) is 321 Å². The van der Waals surface area contributed by atoms with Crippen molar-refractivity contribution in [3.63, 3.8) is 0 Å². The highest BCUT2D eigenvalue weighted by Crippen LogP contribution is 2.21. The fourth-order valence-electron chi connectivity index (χ4n) is 8.60. The van der Waals surface area contributed by atoms with Crippen LogP contribution in [0.3, 0.4) is 0 Å². The van der Waals surface area contributed by atoms with Crippen molar-refractivity contribution < 1.29 is 129 Å². The largest absolute Gasteiger partial charge is 0.867 e. The number of nitrogens with zero attached hydrogens (tertiary/aromatic N) is 8. The molecule has 8 heterocycles. The maximum absolute atomic E-state index is 9.89. The zero-order chi connectivity index (χ0) is 77.1. The van der Waals surface area contributed by atoms with Gasteiger partial charge in [0.1, 0.15) is 86.0 Å². The maximum Gasteiger partial charge on any atom is 0.450 e. The Morgan fingerprint density at radius 2 is 0.279 bits per heavy atom. The molecule has 0 amide bonds. The van der Waals surface area contributed by atoms with E-state index in [0.29, 0.717) is 42.8 Å². The van der Waals surface area contributed by atoms with E-state index < -0.39 is 29.6 Å². The third-order valence-electron chi connectivity index (χ3n) is 13.5. The molecular weight excluding hydrogens is 1540 g/mol. The summed E-state index contributed by atoms with van der Waals surface area (Å²) >= 11 is 46.0. The second-order valence-corrected chi connectivity index (χ2v) is 22.7. The van der Waals surface area contributed by atoms with Crippen molar-refractivity contribution in [1.29, 1.82) is 0 Å². The van der Waals surface area contributed by atoms with Gasteiger partial charge in [-0.2, -0.15) is 0 Å². The molecule has 24 nitrogen and oxygen atoms in total. The quantitative estimate of drug-likeness (QED) is 0.0964. The third kappa shape index (κ3) is 26.0. The van der Waals surface area contributed by atoms with Gasteiger partial charge in [0.25, 0.3) is 44.1 Å². The van der Waals surface area contributed by atoms with Crippen LogP contribution in [-0.4, -0.2) is 29.6 Å². The van der Waals surface area contributed by atoms with Crippen LogP contribution >= 0.6 is 92.8 Å². The Balaban J connectivity index is 0.000000207. The van der Waals surface area contributed by atoms with Crippen molar-refractivity contribution in [2.45, 2.75) is 0 Å². The molecule has 0 unspecified atom stereocenters. The Hall–Kier alpha value is -8.50. The van der Waals surface area contributed by atoms with E-state index in [1.165, 1.54) is 0 Å². The van der Waals surface area contributed by atoms with Crippen molar-refractivity contribution >= 4 is 211 Å². The molecule has 0 aliphatic carbocycles. The summed E-state index contributed by atoms with van der Waals surface area (Å²) in [7, 11) is 2.29. The van der Waals surface area contributed by atoms with Crippen molar-refractivity contribution in [2.75, 3.05) is 0 Å². The summed E-state index contributed by atoms with van der Waals surface area (Å²) in [6.45, 7) is 0. The minimum absolute atomic E-state index is 0.409. The predicted molar refractivity (Wildman–Crippen MR) is 367 cm³/mol. The Bertz CT molecular complexity index is 4350. The van der Waals surface area contributed by atoms with E-state index in [0.717, 1.165) is 88.8 Å². The first-order valence-electron chi connectivity index (χ1n) is 29.3. The summed E-state index contributed by atoms with van der Waals surface area (Å²) in [4.78, 5) is 0. The van der Waals surface area contributed by atoms with Gasteiger partial charge in [-0.1, -0.05) is 97.1 Å². The van der Waals surface area contributed by atoms with Crippen LogP contribution in [0.4, 0.5) is 17.3 Å². The molecule has 104 heavy (non-hydrogen) atoms. The van der Waals surface area contributed by atoms with Crippen LogP contribution in [-0.2, 0) is 56.4 Å². The molecule has 0 bridgehead atoms. The molecule has 0 aliphatic rings. The second kappa shape index (κ2) is 42.5. The third-order valence-corrected chi connectivity index (χ3v) is 16.1. The van der Waals surface area contributed by atoms with Crippen LogP contribution in [0.25, 0.3) is 88.8 Å². The standard InChI is InChI=1S/8C8H7ClNO.4BFO2/c8*1-10-6-4-2-3-5-7(6)11-8(10)9;4*2-1(3)4/h8*2-5H,1H3;;;;/q8*+1;4*-2. The lowest BCUT2D eigenvalue weighted by Gasteiger charge is -2.09. The summed E-state index contributed by atoms with van der Waals surface area (Å²) in [5, 5.41) is 69.7. The van der Waals surface area contributed by atoms with Crippen LogP contribution in [0.1, 0.15) is 0 Å². The SMILES string of the molecule is C[n+]1c(Cl)oc2ccccc21.C[n+]1c(Cl)oc2ccccc21.C[n+]1c(Cl)oc2ccccc21.C[n+]1c(Cl)oc2ccccc21.C[n+]1c(Cl)oc2ccccc21.C[n+]1c(Cl)oc2ccccc21.C[n+]1c(Cl)oc2ccccc21.C[n+]1c(Cl)oc2ccccc21.[O-]B([O-])F.[O-]B([O-])F.[O-]B([O-])F.[O-]B([O-])F. The Morgan fingerprint density at radius 3 is 0.356 bits per heavy atom. The van der Waals surface area contributed by atoms with Crippen LogP contribution in [0.2, 0.25) is 42.8 Å². The molecule has 0 N–H and O–H groups in total. The minimum atomic E-state index is -3.17. The minimum Gasteiger partial charge on any atom is -0.867 e. The van der Waals surface area contributed by atoms with E-state index >= 15 is 0 Å². The zero-order valence-corrected chi connectivity index (χ0v) is 61.5. The van der Waals surface area contributed by atoms with Gasteiger partial charge in [-0.05, 0) is 48.5 Å². The monoisotopic (exact) mass is 1590 g/mol. The lowest BCUT2D eigenvalue weighted by atomic mass is 10.3. The van der Waals surface area contributed by atoms with Gasteiger partial charge in [0, 0.05) is 141 Å². The van der Waals surface area contributed by atoms with E-state index in [9.17, 15) is 17.3 Å². The van der Waals surface area contributed by atoms with E-state index in [-0.39, 0.29) is 0 Å². The van der Waals surface area contributed by atoms with Crippen LogP contribution in [0, 0.1) is 0 Å². The molecule has 544 valence electrons. The Morgan fingerprint density at radius 1 is 0.202 bits per heavy atom. The lowest BCUT2D eigenvalue weighted by Crippen LogP contribution is -2.39. The smallest absolute Gasteiger partial charge is 0.450 e. The van der Waals surface area contributed by atoms with Gasteiger partial charge in [-0.15, -0.1) is 36.5 Å². The fourth-order valence-corrected chi connectivity index (χ4v) is 9.99. The molecule has 8 aromatic carbocycles. The Kier molecular flexibility index (Phi) is 35.2. The maximum atomic E-state index is 9.89. The summed E-state index contributed by atoms with van der Waals surface area (Å²) in [6.07, 6.45) is 0. The summed E-state index contributed by atoms with van der Waals surface area (Å²) in [5.41, 5.74) is 14.6. The number of benzene rings is 8. The number of hydrogen-bond acceptors (Lipinski definition) is 16. The average Bonchev–Trinajstić information content (AvgIpc) is 1.76.